The Morgan fingerprint density at radius 2 is 2.30 bits per heavy atom. The van der Waals surface area contributed by atoms with Crippen molar-refractivity contribution in [1.29, 1.82) is 0 Å². The molecule has 7 heteroatoms. The van der Waals surface area contributed by atoms with Gasteiger partial charge in [0, 0.05) is 39.1 Å². The van der Waals surface area contributed by atoms with Crippen molar-refractivity contribution >= 4 is 21.6 Å². The number of sulfonamides is 1. The molecule has 0 N–H and O–H groups in total. The fourth-order valence-corrected chi connectivity index (χ4v) is 4.05. The molecule has 1 aromatic rings. The van der Waals surface area contributed by atoms with E-state index in [1.54, 1.807) is 30.9 Å². The lowest BCUT2D eigenvalue weighted by Gasteiger charge is -2.26. The average molecular weight is 321 g/mol. The van der Waals surface area contributed by atoms with E-state index in [-0.39, 0.29) is 5.92 Å². The number of aryl methyl sites for hydroxylation is 1. The number of hydrogen-bond acceptors (Lipinski definition) is 3. The van der Waals surface area contributed by atoms with Crippen molar-refractivity contribution in [3.05, 3.63) is 18.0 Å². The summed E-state index contributed by atoms with van der Waals surface area (Å²) in [5, 5.41) is 0. The zero-order valence-electron chi connectivity index (χ0n) is 11.9. The first-order chi connectivity index (χ1) is 9.45. The molecule has 0 amide bonds. The quantitative estimate of drug-likeness (QED) is 0.778. The van der Waals surface area contributed by atoms with Gasteiger partial charge in [-0.2, -0.15) is 0 Å². The van der Waals surface area contributed by atoms with E-state index in [2.05, 4.69) is 0 Å². The molecule has 0 spiro atoms. The number of ether oxygens (including phenoxy) is 1. The molecule has 1 atom stereocenters. The summed E-state index contributed by atoms with van der Waals surface area (Å²) < 4.78 is 33.6. The summed E-state index contributed by atoms with van der Waals surface area (Å²) in [4.78, 5) is 0.301. The van der Waals surface area contributed by atoms with Gasteiger partial charge in [-0.05, 0) is 24.8 Å². The molecule has 0 bridgehead atoms. The number of aromatic nitrogens is 1. The van der Waals surface area contributed by atoms with Crippen LogP contribution in [0.5, 0.6) is 0 Å². The molecule has 0 saturated carbocycles. The number of nitrogens with zero attached hydrogens (tertiary/aromatic N) is 2. The Morgan fingerprint density at radius 1 is 1.55 bits per heavy atom. The highest BCUT2D eigenvalue weighted by molar-refractivity contribution is 7.89. The molecule has 1 fully saturated rings. The van der Waals surface area contributed by atoms with Crippen LogP contribution in [0.3, 0.4) is 0 Å². The second-order valence-corrected chi connectivity index (χ2v) is 7.59. The van der Waals surface area contributed by atoms with Gasteiger partial charge in [-0.25, -0.2) is 12.7 Å². The van der Waals surface area contributed by atoms with Gasteiger partial charge in [0.2, 0.25) is 10.0 Å². The van der Waals surface area contributed by atoms with E-state index in [0.29, 0.717) is 23.9 Å². The number of alkyl halides is 1. The van der Waals surface area contributed by atoms with Gasteiger partial charge in [0.1, 0.15) is 4.90 Å². The van der Waals surface area contributed by atoms with Gasteiger partial charge in [0.25, 0.3) is 0 Å². The van der Waals surface area contributed by atoms with Gasteiger partial charge in [0.05, 0.1) is 12.5 Å². The van der Waals surface area contributed by atoms with Crippen molar-refractivity contribution in [2.45, 2.75) is 23.6 Å². The van der Waals surface area contributed by atoms with Crippen molar-refractivity contribution in [3.8, 4) is 0 Å². The Morgan fingerprint density at radius 3 is 2.85 bits per heavy atom. The standard InChI is InChI=1S/C13H21ClN2O3S/c1-15-9-13(6-12(15)7-14)20(17,18)16(2)8-11-4-3-5-19-10-11/h6,9,11H,3-5,7-8,10H2,1-2H3. The summed E-state index contributed by atoms with van der Waals surface area (Å²) in [6, 6.07) is 1.64. The molecule has 1 unspecified atom stereocenters. The van der Waals surface area contributed by atoms with Crippen molar-refractivity contribution in [3.63, 3.8) is 0 Å². The largest absolute Gasteiger partial charge is 0.381 e. The first-order valence-electron chi connectivity index (χ1n) is 6.70. The third kappa shape index (κ3) is 3.36. The van der Waals surface area contributed by atoms with E-state index in [9.17, 15) is 8.42 Å². The maximum absolute atomic E-state index is 12.5. The summed E-state index contributed by atoms with van der Waals surface area (Å²) in [7, 11) is -0.0322. The molecule has 114 valence electrons. The van der Waals surface area contributed by atoms with Crippen LogP contribution in [0, 0.1) is 5.92 Å². The van der Waals surface area contributed by atoms with Crippen molar-refractivity contribution < 1.29 is 13.2 Å². The van der Waals surface area contributed by atoms with Crippen LogP contribution in [0.25, 0.3) is 0 Å². The maximum atomic E-state index is 12.5. The van der Waals surface area contributed by atoms with E-state index in [1.807, 2.05) is 0 Å². The molecule has 0 aromatic carbocycles. The van der Waals surface area contributed by atoms with E-state index in [4.69, 9.17) is 16.3 Å². The first kappa shape index (κ1) is 15.8. The number of halogens is 1. The van der Waals surface area contributed by atoms with E-state index >= 15 is 0 Å². The molecular weight excluding hydrogens is 300 g/mol. The summed E-state index contributed by atoms with van der Waals surface area (Å²) >= 11 is 5.79. The lowest BCUT2D eigenvalue weighted by molar-refractivity contribution is 0.0495. The Bertz CT molecular complexity index is 550. The zero-order valence-corrected chi connectivity index (χ0v) is 13.5. The fourth-order valence-electron chi connectivity index (χ4n) is 2.44. The Labute approximate surface area is 125 Å². The second-order valence-electron chi connectivity index (χ2n) is 5.28. The Kier molecular flexibility index (Phi) is 5.12. The van der Waals surface area contributed by atoms with Crippen molar-refractivity contribution in [2.24, 2.45) is 13.0 Å². The summed E-state index contributed by atoms with van der Waals surface area (Å²) in [5.74, 6) is 0.575. The molecule has 1 aliphatic heterocycles. The van der Waals surface area contributed by atoms with Gasteiger partial charge < -0.3 is 9.30 Å². The second kappa shape index (κ2) is 6.47. The minimum Gasteiger partial charge on any atom is -0.381 e. The lowest BCUT2D eigenvalue weighted by Crippen LogP contribution is -2.35. The highest BCUT2D eigenvalue weighted by Gasteiger charge is 2.26. The first-order valence-corrected chi connectivity index (χ1v) is 8.68. The highest BCUT2D eigenvalue weighted by Crippen LogP contribution is 2.21. The maximum Gasteiger partial charge on any atom is 0.244 e. The van der Waals surface area contributed by atoms with Crippen LogP contribution in [0.15, 0.2) is 17.2 Å². The summed E-state index contributed by atoms with van der Waals surface area (Å²) in [6.45, 7) is 1.92. The van der Waals surface area contributed by atoms with E-state index in [1.165, 1.54) is 4.31 Å². The topological polar surface area (TPSA) is 51.5 Å². The predicted octanol–water partition coefficient (Wildman–Crippen LogP) is 1.81. The van der Waals surface area contributed by atoms with E-state index in [0.717, 1.165) is 25.1 Å². The van der Waals surface area contributed by atoms with Gasteiger partial charge in [0.15, 0.2) is 0 Å². The highest BCUT2D eigenvalue weighted by atomic mass is 35.5. The van der Waals surface area contributed by atoms with Crippen molar-refractivity contribution in [1.82, 2.24) is 8.87 Å². The minimum atomic E-state index is -3.45. The molecule has 2 heterocycles. The number of hydrogen-bond donors (Lipinski definition) is 0. The van der Waals surface area contributed by atoms with Gasteiger partial charge in [-0.1, -0.05) is 0 Å². The predicted molar refractivity (Wildman–Crippen MR) is 78.3 cm³/mol. The van der Waals surface area contributed by atoms with Crippen LogP contribution in [-0.2, 0) is 27.7 Å². The molecule has 0 radical (unpaired) electrons. The summed E-state index contributed by atoms with van der Waals surface area (Å²) in [6.07, 6.45) is 3.63. The third-order valence-corrected chi connectivity index (χ3v) is 5.76. The fraction of sp³-hybridized carbons (Fsp3) is 0.692. The van der Waals surface area contributed by atoms with Crippen LogP contribution in [0.2, 0.25) is 0 Å². The smallest absolute Gasteiger partial charge is 0.244 e. The monoisotopic (exact) mass is 320 g/mol. The molecule has 2 rings (SSSR count). The van der Waals surface area contributed by atoms with Gasteiger partial charge >= 0.3 is 0 Å². The van der Waals surface area contributed by atoms with Crippen LogP contribution >= 0.6 is 11.6 Å². The SMILES string of the molecule is CN(CC1CCCOC1)S(=O)(=O)c1cc(CCl)n(C)c1. The number of rotatable bonds is 5. The molecule has 1 aliphatic rings. The lowest BCUT2D eigenvalue weighted by atomic mass is 10.0. The third-order valence-electron chi connectivity index (χ3n) is 3.70. The van der Waals surface area contributed by atoms with Crippen LogP contribution < -0.4 is 0 Å². The molecule has 1 saturated heterocycles. The normalized spacial score (nSPS) is 20.5. The molecule has 0 aliphatic carbocycles. The molecule has 1 aromatic heterocycles. The van der Waals surface area contributed by atoms with Gasteiger partial charge in [-0.3, -0.25) is 0 Å². The van der Waals surface area contributed by atoms with Crippen LogP contribution in [0.4, 0.5) is 0 Å². The minimum absolute atomic E-state index is 0.278. The van der Waals surface area contributed by atoms with Crippen LogP contribution in [-0.4, -0.2) is 44.1 Å². The molecule has 5 nitrogen and oxygen atoms in total. The Balaban J connectivity index is 2.11. The van der Waals surface area contributed by atoms with Gasteiger partial charge in [-0.15, -0.1) is 11.6 Å². The molecule has 20 heavy (non-hydrogen) atoms. The van der Waals surface area contributed by atoms with Crippen molar-refractivity contribution in [2.75, 3.05) is 26.8 Å². The zero-order chi connectivity index (χ0) is 14.8. The average Bonchev–Trinajstić information content (AvgIpc) is 2.81. The van der Waals surface area contributed by atoms with E-state index < -0.39 is 10.0 Å². The summed E-state index contributed by atoms with van der Waals surface area (Å²) in [5.41, 5.74) is 0.791. The van der Waals surface area contributed by atoms with Crippen LogP contribution in [0.1, 0.15) is 18.5 Å². The Hall–Kier alpha value is -0.560. The molecular formula is C13H21ClN2O3S.